The van der Waals surface area contributed by atoms with Gasteiger partial charge in [-0.2, -0.15) is 0 Å². The second kappa shape index (κ2) is 4.87. The summed E-state index contributed by atoms with van der Waals surface area (Å²) in [4.78, 5) is 1.87. The summed E-state index contributed by atoms with van der Waals surface area (Å²) < 4.78 is 0. The molecule has 0 aliphatic carbocycles. The quantitative estimate of drug-likeness (QED) is 0.869. The highest BCUT2D eigenvalue weighted by atomic mass is 35.5. The van der Waals surface area contributed by atoms with E-state index in [1.54, 1.807) is 25.1 Å². The predicted molar refractivity (Wildman–Crippen MR) is 61.4 cm³/mol. The number of hydrogen-bond acceptors (Lipinski definition) is 2. The second-order valence-corrected chi connectivity index (χ2v) is 4.17. The molecule has 0 radical (unpaired) electrons. The van der Waals surface area contributed by atoms with Crippen molar-refractivity contribution in [1.82, 2.24) is 0 Å². The Morgan fingerprint density at radius 1 is 1.43 bits per heavy atom. The first-order chi connectivity index (χ1) is 6.50. The third-order valence-corrected chi connectivity index (χ3v) is 2.41. The molecule has 2 nitrogen and oxygen atoms in total. The van der Waals surface area contributed by atoms with Crippen LogP contribution in [0.4, 0.5) is 5.69 Å². The molecule has 0 aliphatic heterocycles. The van der Waals surface area contributed by atoms with Crippen molar-refractivity contribution in [2.45, 2.75) is 13.0 Å². The Labute approximate surface area is 94.1 Å². The summed E-state index contributed by atoms with van der Waals surface area (Å²) in [5.74, 6) is 0. The second-order valence-electron chi connectivity index (χ2n) is 3.33. The van der Waals surface area contributed by atoms with Gasteiger partial charge < -0.3 is 10.0 Å². The lowest BCUT2D eigenvalue weighted by Gasteiger charge is -2.22. The van der Waals surface area contributed by atoms with Crippen LogP contribution in [0.2, 0.25) is 10.0 Å². The highest BCUT2D eigenvalue weighted by Gasteiger charge is 2.08. The summed E-state index contributed by atoms with van der Waals surface area (Å²) in [6.07, 6.45) is -0.393. The Morgan fingerprint density at radius 3 is 2.64 bits per heavy atom. The van der Waals surface area contributed by atoms with Gasteiger partial charge in [-0.15, -0.1) is 0 Å². The van der Waals surface area contributed by atoms with Gasteiger partial charge in [0, 0.05) is 18.6 Å². The van der Waals surface area contributed by atoms with E-state index in [9.17, 15) is 5.11 Å². The van der Waals surface area contributed by atoms with Gasteiger partial charge in [0.2, 0.25) is 0 Å². The maximum Gasteiger partial charge on any atom is 0.0686 e. The molecule has 0 amide bonds. The summed E-state index contributed by atoms with van der Waals surface area (Å²) in [5.41, 5.74) is 0.833. The van der Waals surface area contributed by atoms with Crippen LogP contribution < -0.4 is 4.90 Å². The van der Waals surface area contributed by atoms with Gasteiger partial charge in [-0.1, -0.05) is 23.2 Å². The van der Waals surface area contributed by atoms with Gasteiger partial charge in [0.15, 0.2) is 0 Å². The maximum atomic E-state index is 9.23. The van der Waals surface area contributed by atoms with E-state index in [1.165, 1.54) is 0 Å². The molecule has 0 saturated heterocycles. The molecule has 4 heteroatoms. The Balaban J connectivity index is 2.88. The van der Waals surface area contributed by atoms with Crippen LogP contribution in [0, 0.1) is 0 Å². The number of anilines is 1. The highest BCUT2D eigenvalue weighted by molar-refractivity contribution is 6.35. The summed E-state index contributed by atoms with van der Waals surface area (Å²) in [6.45, 7) is 2.26. The van der Waals surface area contributed by atoms with Gasteiger partial charge in [0.25, 0.3) is 0 Å². The van der Waals surface area contributed by atoms with Crippen LogP contribution >= 0.6 is 23.2 Å². The van der Waals surface area contributed by atoms with Crippen LogP contribution in [0.5, 0.6) is 0 Å². The van der Waals surface area contributed by atoms with Crippen molar-refractivity contribution in [3.8, 4) is 0 Å². The van der Waals surface area contributed by atoms with Gasteiger partial charge >= 0.3 is 0 Å². The molecule has 1 aromatic carbocycles. The number of rotatable bonds is 3. The zero-order valence-corrected chi connectivity index (χ0v) is 9.68. The smallest absolute Gasteiger partial charge is 0.0686 e. The molecule has 0 aromatic heterocycles. The molecule has 1 N–H and O–H groups in total. The summed E-state index contributed by atoms with van der Waals surface area (Å²) in [7, 11) is 1.87. The molecular weight excluding hydrogens is 221 g/mol. The number of likely N-dealkylation sites (N-methyl/N-ethyl adjacent to an activating group) is 1. The molecular formula is C10H13Cl2NO. The lowest BCUT2D eigenvalue weighted by Crippen LogP contribution is -2.27. The van der Waals surface area contributed by atoms with Gasteiger partial charge in [0.05, 0.1) is 16.8 Å². The summed E-state index contributed by atoms with van der Waals surface area (Å²) >= 11 is 11.8. The number of benzene rings is 1. The molecule has 1 unspecified atom stereocenters. The number of hydrogen-bond donors (Lipinski definition) is 1. The molecule has 0 saturated carbocycles. The van der Waals surface area contributed by atoms with Crippen LogP contribution in [0.3, 0.4) is 0 Å². The zero-order valence-electron chi connectivity index (χ0n) is 8.17. The Hall–Kier alpha value is -0.440. The normalized spacial score (nSPS) is 12.6. The van der Waals surface area contributed by atoms with Crippen LogP contribution in [-0.2, 0) is 0 Å². The molecule has 1 rings (SSSR count). The molecule has 78 valence electrons. The molecule has 0 fully saturated rings. The van der Waals surface area contributed by atoms with Gasteiger partial charge in [0.1, 0.15) is 0 Å². The Kier molecular flexibility index (Phi) is 4.05. The van der Waals surface area contributed by atoms with Crippen molar-refractivity contribution < 1.29 is 5.11 Å². The highest BCUT2D eigenvalue weighted by Crippen LogP contribution is 2.28. The van der Waals surface area contributed by atoms with Crippen LogP contribution in [0.25, 0.3) is 0 Å². The van der Waals surface area contributed by atoms with Crippen molar-refractivity contribution >= 4 is 28.9 Å². The van der Waals surface area contributed by atoms with E-state index < -0.39 is 6.10 Å². The molecule has 1 aromatic rings. The third-order valence-electron chi connectivity index (χ3n) is 1.86. The van der Waals surface area contributed by atoms with Crippen LogP contribution in [0.15, 0.2) is 18.2 Å². The minimum absolute atomic E-state index is 0.393. The van der Waals surface area contributed by atoms with Crippen molar-refractivity contribution in [2.24, 2.45) is 0 Å². The van der Waals surface area contributed by atoms with E-state index in [0.717, 1.165) is 5.69 Å². The summed E-state index contributed by atoms with van der Waals surface area (Å²) in [5, 5.41) is 10.5. The minimum atomic E-state index is -0.393. The van der Waals surface area contributed by atoms with Crippen molar-refractivity contribution in [3.05, 3.63) is 28.2 Å². The lowest BCUT2D eigenvalue weighted by atomic mass is 10.2. The molecule has 0 bridgehead atoms. The maximum absolute atomic E-state index is 9.23. The first-order valence-corrected chi connectivity index (χ1v) is 5.10. The van der Waals surface area contributed by atoms with E-state index in [4.69, 9.17) is 23.2 Å². The number of aliphatic hydroxyl groups excluding tert-OH is 1. The first-order valence-electron chi connectivity index (χ1n) is 4.35. The zero-order chi connectivity index (χ0) is 10.7. The average molecular weight is 234 g/mol. The van der Waals surface area contributed by atoms with Crippen LogP contribution in [0.1, 0.15) is 6.92 Å². The SMILES string of the molecule is CC(O)CN(C)c1cc(Cl)ccc1Cl. The van der Waals surface area contributed by atoms with Gasteiger partial charge in [-0.05, 0) is 25.1 Å². The standard InChI is InChI=1S/C10H13Cl2NO/c1-7(14)6-13(2)10-5-8(11)3-4-9(10)12/h3-5,7,14H,6H2,1-2H3. The fraction of sp³-hybridized carbons (Fsp3) is 0.400. The molecule has 0 heterocycles. The minimum Gasteiger partial charge on any atom is -0.392 e. The van der Waals surface area contributed by atoms with Gasteiger partial charge in [-0.25, -0.2) is 0 Å². The van der Waals surface area contributed by atoms with E-state index in [1.807, 2.05) is 11.9 Å². The number of aliphatic hydroxyl groups is 1. The molecule has 0 aliphatic rings. The molecule has 1 atom stereocenters. The van der Waals surface area contributed by atoms with E-state index in [0.29, 0.717) is 16.6 Å². The average Bonchev–Trinajstić information content (AvgIpc) is 2.08. The third kappa shape index (κ3) is 3.05. The molecule has 0 spiro atoms. The first kappa shape index (κ1) is 11.6. The number of halogens is 2. The van der Waals surface area contributed by atoms with Crippen molar-refractivity contribution in [2.75, 3.05) is 18.5 Å². The monoisotopic (exact) mass is 233 g/mol. The predicted octanol–water partition coefficient (Wildman–Crippen LogP) is 2.81. The number of nitrogens with zero attached hydrogens (tertiary/aromatic N) is 1. The van der Waals surface area contributed by atoms with Gasteiger partial charge in [-0.3, -0.25) is 0 Å². The topological polar surface area (TPSA) is 23.5 Å². The van der Waals surface area contributed by atoms with E-state index in [-0.39, 0.29) is 0 Å². The summed E-state index contributed by atoms with van der Waals surface area (Å²) in [6, 6.07) is 5.27. The van der Waals surface area contributed by atoms with Crippen LogP contribution in [-0.4, -0.2) is 24.8 Å². The molecule has 14 heavy (non-hydrogen) atoms. The Morgan fingerprint density at radius 2 is 2.07 bits per heavy atom. The van der Waals surface area contributed by atoms with Crippen molar-refractivity contribution in [1.29, 1.82) is 0 Å². The Bertz CT molecular complexity index is 315. The van der Waals surface area contributed by atoms with Crippen molar-refractivity contribution in [3.63, 3.8) is 0 Å². The fourth-order valence-electron chi connectivity index (χ4n) is 1.27. The van der Waals surface area contributed by atoms with E-state index >= 15 is 0 Å². The van der Waals surface area contributed by atoms with E-state index in [2.05, 4.69) is 0 Å². The largest absolute Gasteiger partial charge is 0.392 e. The fourth-order valence-corrected chi connectivity index (χ4v) is 1.70. The lowest BCUT2D eigenvalue weighted by molar-refractivity contribution is 0.201.